The molecule has 2 aromatic carbocycles. The van der Waals surface area contributed by atoms with Crippen LogP contribution >= 0.6 is 0 Å². The van der Waals surface area contributed by atoms with Crippen molar-refractivity contribution in [1.82, 2.24) is 0 Å². The maximum atomic E-state index is 2.26. The van der Waals surface area contributed by atoms with Gasteiger partial charge in [0.05, 0.1) is 0 Å². The van der Waals surface area contributed by atoms with E-state index in [1.54, 1.807) is 0 Å². The highest BCUT2D eigenvalue weighted by Crippen LogP contribution is 2.28. The minimum atomic E-state index is 1.24. The molecule has 0 unspecified atom stereocenters. The molecule has 0 saturated carbocycles. The van der Waals surface area contributed by atoms with Crippen molar-refractivity contribution in [3.8, 4) is 0 Å². The van der Waals surface area contributed by atoms with Crippen LogP contribution in [-0.2, 0) is 0 Å². The second kappa shape index (κ2) is 4.85. The number of hydrogen-bond donors (Lipinski definition) is 0. The van der Waals surface area contributed by atoms with Gasteiger partial charge in [-0.05, 0) is 68.1 Å². The Kier molecular flexibility index (Phi) is 3.42. The first-order valence-electron chi connectivity index (χ1n) is 6.37. The third-order valence-corrected chi connectivity index (χ3v) is 3.60. The lowest BCUT2D eigenvalue weighted by atomic mass is 10.1. The van der Waals surface area contributed by atoms with E-state index < -0.39 is 0 Å². The maximum absolute atomic E-state index is 2.26. The van der Waals surface area contributed by atoms with Gasteiger partial charge in [-0.3, -0.25) is 0 Å². The summed E-state index contributed by atoms with van der Waals surface area (Å²) < 4.78 is 0. The lowest BCUT2D eigenvalue weighted by Crippen LogP contribution is -2.11. The third kappa shape index (κ3) is 2.40. The molecule has 2 aromatic rings. The molecule has 0 atom stereocenters. The molecule has 0 aliphatic heterocycles. The second-order valence-electron chi connectivity index (χ2n) is 5.12. The molecule has 0 saturated heterocycles. The minimum absolute atomic E-state index is 1.24. The van der Waals surface area contributed by atoms with Crippen molar-refractivity contribution in [3.05, 3.63) is 58.7 Å². The first-order chi connectivity index (χ1) is 8.49. The number of nitrogens with zero attached hydrogens (tertiary/aromatic N) is 1. The van der Waals surface area contributed by atoms with Gasteiger partial charge in [-0.25, -0.2) is 0 Å². The summed E-state index contributed by atoms with van der Waals surface area (Å²) in [4.78, 5) is 2.26. The average Bonchev–Trinajstić information content (AvgIpc) is 2.35. The van der Waals surface area contributed by atoms with E-state index in [2.05, 4.69) is 76.0 Å². The van der Waals surface area contributed by atoms with Crippen LogP contribution in [0.1, 0.15) is 22.3 Å². The first kappa shape index (κ1) is 12.7. The summed E-state index contributed by atoms with van der Waals surface area (Å²) in [6.45, 7) is 8.61. The van der Waals surface area contributed by atoms with E-state index in [0.717, 1.165) is 0 Å². The number of rotatable bonds is 2. The molecule has 0 aromatic heterocycles. The van der Waals surface area contributed by atoms with E-state index in [4.69, 9.17) is 0 Å². The van der Waals surface area contributed by atoms with Gasteiger partial charge in [-0.2, -0.15) is 0 Å². The molecule has 0 heterocycles. The molecule has 0 aliphatic carbocycles. The summed E-state index contributed by atoms with van der Waals surface area (Å²) >= 11 is 0. The van der Waals surface area contributed by atoms with E-state index in [0.29, 0.717) is 0 Å². The predicted molar refractivity (Wildman–Crippen MR) is 79.9 cm³/mol. The Hall–Kier alpha value is -1.76. The van der Waals surface area contributed by atoms with Crippen molar-refractivity contribution in [2.75, 3.05) is 11.9 Å². The Balaban J connectivity index is 2.44. The molecule has 0 radical (unpaired) electrons. The molecule has 1 heteroatoms. The van der Waals surface area contributed by atoms with E-state index in [1.807, 2.05) is 0 Å². The van der Waals surface area contributed by atoms with Crippen LogP contribution < -0.4 is 4.90 Å². The summed E-state index contributed by atoms with van der Waals surface area (Å²) in [6.07, 6.45) is 0. The van der Waals surface area contributed by atoms with Crippen LogP contribution in [0, 0.1) is 27.7 Å². The fraction of sp³-hybridized carbons (Fsp3) is 0.294. The van der Waals surface area contributed by atoms with Crippen molar-refractivity contribution in [3.63, 3.8) is 0 Å². The quantitative estimate of drug-likeness (QED) is 0.735. The second-order valence-corrected chi connectivity index (χ2v) is 5.12. The zero-order valence-electron chi connectivity index (χ0n) is 11.9. The molecule has 1 nitrogen and oxygen atoms in total. The lowest BCUT2D eigenvalue weighted by Gasteiger charge is -2.23. The Morgan fingerprint density at radius 1 is 0.722 bits per heavy atom. The molecule has 2 rings (SSSR count). The standard InChI is InChI=1S/C17H21N/c1-12-6-7-14(3)17(10-12)18(5)16-9-8-13(2)15(4)11-16/h6-11H,1-5H3. The van der Waals surface area contributed by atoms with E-state index in [-0.39, 0.29) is 0 Å². The highest BCUT2D eigenvalue weighted by molar-refractivity contribution is 5.67. The largest absolute Gasteiger partial charge is 0.344 e. The van der Waals surface area contributed by atoms with Gasteiger partial charge >= 0.3 is 0 Å². The van der Waals surface area contributed by atoms with Crippen LogP contribution in [0.15, 0.2) is 36.4 Å². The fourth-order valence-electron chi connectivity index (χ4n) is 2.15. The lowest BCUT2D eigenvalue weighted by molar-refractivity contribution is 1.16. The summed E-state index contributed by atoms with van der Waals surface area (Å²) in [5.41, 5.74) is 7.80. The summed E-state index contributed by atoms with van der Waals surface area (Å²) in [7, 11) is 2.13. The smallest absolute Gasteiger partial charge is 0.0440 e. The molecule has 94 valence electrons. The molecule has 0 bridgehead atoms. The SMILES string of the molecule is Cc1ccc(C)c(N(C)c2ccc(C)c(C)c2)c1. The normalized spacial score (nSPS) is 10.5. The van der Waals surface area contributed by atoms with E-state index in [9.17, 15) is 0 Å². The van der Waals surface area contributed by atoms with Gasteiger partial charge in [0.1, 0.15) is 0 Å². The predicted octanol–water partition coefficient (Wildman–Crippen LogP) is 4.69. The van der Waals surface area contributed by atoms with E-state index in [1.165, 1.54) is 33.6 Å². The molecular weight excluding hydrogens is 218 g/mol. The fourth-order valence-corrected chi connectivity index (χ4v) is 2.15. The Morgan fingerprint density at radius 3 is 2.06 bits per heavy atom. The van der Waals surface area contributed by atoms with Crippen molar-refractivity contribution < 1.29 is 0 Å². The van der Waals surface area contributed by atoms with Crippen LogP contribution in [-0.4, -0.2) is 7.05 Å². The van der Waals surface area contributed by atoms with Gasteiger partial charge < -0.3 is 4.90 Å². The Morgan fingerprint density at radius 2 is 1.39 bits per heavy atom. The molecule has 0 amide bonds. The minimum Gasteiger partial charge on any atom is -0.344 e. The van der Waals surface area contributed by atoms with Gasteiger partial charge in [-0.1, -0.05) is 18.2 Å². The molecule has 0 aliphatic rings. The summed E-state index contributed by atoms with van der Waals surface area (Å²) in [5.74, 6) is 0. The van der Waals surface area contributed by atoms with Crippen LogP contribution in [0.2, 0.25) is 0 Å². The van der Waals surface area contributed by atoms with Crippen molar-refractivity contribution in [2.45, 2.75) is 27.7 Å². The topological polar surface area (TPSA) is 3.24 Å². The van der Waals surface area contributed by atoms with Crippen LogP contribution in [0.5, 0.6) is 0 Å². The molecule has 0 spiro atoms. The van der Waals surface area contributed by atoms with Gasteiger partial charge in [0.25, 0.3) is 0 Å². The highest BCUT2D eigenvalue weighted by atomic mass is 15.1. The van der Waals surface area contributed by atoms with E-state index >= 15 is 0 Å². The summed E-state index contributed by atoms with van der Waals surface area (Å²) in [6, 6.07) is 13.2. The monoisotopic (exact) mass is 239 g/mol. The highest BCUT2D eigenvalue weighted by Gasteiger charge is 2.07. The summed E-state index contributed by atoms with van der Waals surface area (Å²) in [5, 5.41) is 0. The van der Waals surface area contributed by atoms with Crippen molar-refractivity contribution >= 4 is 11.4 Å². The molecule has 0 N–H and O–H groups in total. The Labute approximate surface area is 110 Å². The van der Waals surface area contributed by atoms with Gasteiger partial charge in [0.2, 0.25) is 0 Å². The van der Waals surface area contributed by atoms with Crippen LogP contribution in [0.25, 0.3) is 0 Å². The first-order valence-corrected chi connectivity index (χ1v) is 6.37. The molecular formula is C17H21N. The number of hydrogen-bond acceptors (Lipinski definition) is 1. The number of anilines is 2. The van der Waals surface area contributed by atoms with Gasteiger partial charge in [0.15, 0.2) is 0 Å². The van der Waals surface area contributed by atoms with Gasteiger partial charge in [0, 0.05) is 18.4 Å². The molecule has 0 fully saturated rings. The van der Waals surface area contributed by atoms with Crippen molar-refractivity contribution in [1.29, 1.82) is 0 Å². The third-order valence-electron chi connectivity index (χ3n) is 3.60. The number of aryl methyl sites for hydroxylation is 4. The Bertz CT molecular complexity index is 570. The zero-order chi connectivity index (χ0) is 13.3. The number of benzene rings is 2. The maximum Gasteiger partial charge on any atom is 0.0440 e. The average molecular weight is 239 g/mol. The van der Waals surface area contributed by atoms with Crippen molar-refractivity contribution in [2.24, 2.45) is 0 Å². The van der Waals surface area contributed by atoms with Gasteiger partial charge in [-0.15, -0.1) is 0 Å². The van der Waals surface area contributed by atoms with Crippen LogP contribution in [0.3, 0.4) is 0 Å². The van der Waals surface area contributed by atoms with Crippen LogP contribution in [0.4, 0.5) is 11.4 Å². The zero-order valence-corrected chi connectivity index (χ0v) is 11.9. The molecule has 18 heavy (non-hydrogen) atoms.